The van der Waals surface area contributed by atoms with E-state index in [1.807, 2.05) is 24.3 Å². The summed E-state index contributed by atoms with van der Waals surface area (Å²) in [5.74, 6) is -0.493. The van der Waals surface area contributed by atoms with Gasteiger partial charge < -0.3 is 19.5 Å². The minimum absolute atomic E-state index is 0.118. The van der Waals surface area contributed by atoms with Crippen molar-refractivity contribution in [2.75, 3.05) is 46.5 Å². The molecule has 0 radical (unpaired) electrons. The maximum Gasteiger partial charge on any atom is 0.295 e. The second kappa shape index (κ2) is 11.1. The number of hydrogen-bond donors (Lipinski definition) is 1. The first-order valence-electron chi connectivity index (χ1n) is 12.2. The topological polar surface area (TPSA) is 79.3 Å². The number of hydrogen-bond acceptors (Lipinski definition) is 6. The number of carbonyl (C=O) groups is 2. The molecule has 1 N–H and O–H groups in total. The molecular weight excluding hydrogens is 444 g/mol. The van der Waals surface area contributed by atoms with E-state index in [1.54, 1.807) is 36.3 Å². The molecular formula is C28H34N2O5. The van der Waals surface area contributed by atoms with Gasteiger partial charge in [-0.2, -0.15) is 0 Å². The third-order valence-electron chi connectivity index (χ3n) is 6.78. The number of nitrogens with zero attached hydrogens (tertiary/aromatic N) is 2. The van der Waals surface area contributed by atoms with Crippen molar-refractivity contribution >= 4 is 17.4 Å². The molecule has 2 aromatic rings. The third kappa shape index (κ3) is 5.41. The Hall–Kier alpha value is -3.16. The fraction of sp³-hybridized carbons (Fsp3) is 0.429. The summed E-state index contributed by atoms with van der Waals surface area (Å²) in [5, 5.41) is 11.3. The van der Waals surface area contributed by atoms with Crippen LogP contribution in [0.3, 0.4) is 0 Å². The first-order chi connectivity index (χ1) is 16.9. The third-order valence-corrected chi connectivity index (χ3v) is 6.78. The van der Waals surface area contributed by atoms with Crippen molar-refractivity contribution < 1.29 is 24.2 Å². The van der Waals surface area contributed by atoms with Crippen LogP contribution in [0.15, 0.2) is 54.1 Å². The largest absolute Gasteiger partial charge is 0.507 e. The van der Waals surface area contributed by atoms with E-state index in [0.717, 1.165) is 31.6 Å². The van der Waals surface area contributed by atoms with Crippen LogP contribution in [0.25, 0.3) is 5.76 Å². The molecule has 1 amide bonds. The zero-order valence-corrected chi connectivity index (χ0v) is 20.7. The lowest BCUT2D eigenvalue weighted by molar-refractivity contribution is -0.140. The minimum atomic E-state index is -0.658. The fourth-order valence-corrected chi connectivity index (χ4v) is 4.74. The number of morpholine rings is 1. The van der Waals surface area contributed by atoms with Crippen molar-refractivity contribution in [1.29, 1.82) is 0 Å². The number of methoxy groups -OCH3 is 1. The average Bonchev–Trinajstić information content (AvgIpc) is 3.14. The van der Waals surface area contributed by atoms with E-state index in [2.05, 4.69) is 18.7 Å². The molecule has 186 valence electrons. The number of ether oxygens (including phenoxy) is 2. The Kier molecular flexibility index (Phi) is 7.88. The lowest BCUT2D eigenvalue weighted by atomic mass is 9.93. The SMILES string of the molecule is COc1cccc(/C(O)=C2\C(=O)C(=O)N(CCCN3CCOCC3)[C@@H]2c2ccc(C(C)C)cc2)c1. The molecule has 7 nitrogen and oxygen atoms in total. The molecule has 0 aromatic heterocycles. The molecule has 0 unspecified atom stereocenters. The average molecular weight is 479 g/mol. The number of amides is 1. The summed E-state index contributed by atoms with van der Waals surface area (Å²) in [6, 6.07) is 14.2. The van der Waals surface area contributed by atoms with Gasteiger partial charge in [-0.3, -0.25) is 14.5 Å². The van der Waals surface area contributed by atoms with Crippen LogP contribution in [0, 0.1) is 0 Å². The van der Waals surface area contributed by atoms with Gasteiger partial charge in [-0.15, -0.1) is 0 Å². The molecule has 4 rings (SSSR count). The Bertz CT molecular complexity index is 1090. The first kappa shape index (κ1) is 24.9. The summed E-state index contributed by atoms with van der Waals surface area (Å²) in [6.45, 7) is 8.66. The van der Waals surface area contributed by atoms with E-state index < -0.39 is 17.7 Å². The maximum atomic E-state index is 13.2. The Morgan fingerprint density at radius 2 is 1.80 bits per heavy atom. The van der Waals surface area contributed by atoms with E-state index in [4.69, 9.17) is 9.47 Å². The molecule has 0 aliphatic carbocycles. The summed E-state index contributed by atoms with van der Waals surface area (Å²) in [5.41, 5.74) is 2.54. The molecule has 0 bridgehead atoms. The van der Waals surface area contributed by atoms with Crippen molar-refractivity contribution in [2.24, 2.45) is 0 Å². The van der Waals surface area contributed by atoms with Crippen LogP contribution < -0.4 is 4.74 Å². The van der Waals surface area contributed by atoms with Gasteiger partial charge in [-0.25, -0.2) is 0 Å². The number of benzene rings is 2. The highest BCUT2D eigenvalue weighted by atomic mass is 16.5. The van der Waals surface area contributed by atoms with E-state index in [1.165, 1.54) is 5.56 Å². The molecule has 1 atom stereocenters. The Morgan fingerprint density at radius 1 is 1.09 bits per heavy atom. The summed E-state index contributed by atoms with van der Waals surface area (Å²) < 4.78 is 10.7. The number of rotatable bonds is 8. The highest BCUT2D eigenvalue weighted by Crippen LogP contribution is 2.40. The second-order valence-electron chi connectivity index (χ2n) is 9.35. The van der Waals surface area contributed by atoms with Crippen LogP contribution in [-0.4, -0.2) is 73.1 Å². The molecule has 2 aliphatic heterocycles. The number of likely N-dealkylation sites (tertiary alicyclic amines) is 1. The minimum Gasteiger partial charge on any atom is -0.507 e. The Labute approximate surface area is 206 Å². The summed E-state index contributed by atoms with van der Waals surface area (Å²) in [6.07, 6.45) is 0.729. The number of carbonyl (C=O) groups excluding carboxylic acids is 2. The van der Waals surface area contributed by atoms with Crippen LogP contribution in [0.1, 0.15) is 48.9 Å². The van der Waals surface area contributed by atoms with Crippen molar-refractivity contribution in [3.05, 3.63) is 70.8 Å². The monoisotopic (exact) mass is 478 g/mol. The zero-order chi connectivity index (χ0) is 24.9. The quantitative estimate of drug-likeness (QED) is 0.352. The lowest BCUT2D eigenvalue weighted by Crippen LogP contribution is -2.38. The van der Waals surface area contributed by atoms with E-state index >= 15 is 0 Å². The predicted octanol–water partition coefficient (Wildman–Crippen LogP) is 3.96. The summed E-state index contributed by atoms with van der Waals surface area (Å²) >= 11 is 0. The highest BCUT2D eigenvalue weighted by molar-refractivity contribution is 6.46. The van der Waals surface area contributed by atoms with Crippen molar-refractivity contribution in [3.63, 3.8) is 0 Å². The Balaban J connectivity index is 1.69. The molecule has 0 spiro atoms. The number of ketones is 1. The van der Waals surface area contributed by atoms with Gasteiger partial charge >= 0.3 is 0 Å². The van der Waals surface area contributed by atoms with Gasteiger partial charge in [0.05, 0.1) is 31.9 Å². The predicted molar refractivity (Wildman–Crippen MR) is 134 cm³/mol. The summed E-state index contributed by atoms with van der Waals surface area (Å²) in [7, 11) is 1.54. The molecule has 2 saturated heterocycles. The number of Topliss-reactive ketones (excluding diaryl/α,β-unsaturated/α-hetero) is 1. The van der Waals surface area contributed by atoms with Gasteiger partial charge in [0, 0.05) is 31.7 Å². The van der Waals surface area contributed by atoms with Gasteiger partial charge in [-0.1, -0.05) is 50.2 Å². The molecule has 2 fully saturated rings. The first-order valence-corrected chi connectivity index (χ1v) is 12.2. The standard InChI is InChI=1S/C28H34N2O5/c1-19(2)20-8-10-21(11-9-20)25-24(26(31)22-6-4-7-23(18-22)34-3)27(32)28(33)30(25)13-5-12-29-14-16-35-17-15-29/h4,6-11,18-19,25,31H,5,12-17H2,1-3H3/b26-24+/t25-/m1/s1. The van der Waals surface area contributed by atoms with E-state index in [0.29, 0.717) is 37.0 Å². The molecule has 2 aliphatic rings. The maximum absolute atomic E-state index is 13.2. The van der Waals surface area contributed by atoms with Gasteiger partial charge in [0.2, 0.25) is 0 Å². The molecule has 2 heterocycles. The zero-order valence-electron chi connectivity index (χ0n) is 20.7. The van der Waals surface area contributed by atoms with Crippen LogP contribution in [-0.2, 0) is 14.3 Å². The molecule has 35 heavy (non-hydrogen) atoms. The van der Waals surface area contributed by atoms with Gasteiger partial charge in [0.25, 0.3) is 11.7 Å². The summed E-state index contributed by atoms with van der Waals surface area (Å²) in [4.78, 5) is 30.3. The van der Waals surface area contributed by atoms with Crippen molar-refractivity contribution in [3.8, 4) is 5.75 Å². The van der Waals surface area contributed by atoms with Gasteiger partial charge in [-0.05, 0) is 35.6 Å². The molecule has 0 saturated carbocycles. The van der Waals surface area contributed by atoms with Crippen LogP contribution >= 0.6 is 0 Å². The van der Waals surface area contributed by atoms with Crippen molar-refractivity contribution in [1.82, 2.24) is 9.80 Å². The van der Waals surface area contributed by atoms with Crippen molar-refractivity contribution in [2.45, 2.75) is 32.2 Å². The number of aliphatic hydroxyl groups is 1. The highest BCUT2D eigenvalue weighted by Gasteiger charge is 2.45. The normalized spacial score (nSPS) is 20.6. The fourth-order valence-electron chi connectivity index (χ4n) is 4.74. The number of aliphatic hydroxyl groups excluding tert-OH is 1. The van der Waals surface area contributed by atoms with E-state index in [9.17, 15) is 14.7 Å². The Morgan fingerprint density at radius 3 is 2.46 bits per heavy atom. The van der Waals surface area contributed by atoms with Crippen LogP contribution in [0.2, 0.25) is 0 Å². The van der Waals surface area contributed by atoms with Gasteiger partial charge in [0.1, 0.15) is 11.5 Å². The smallest absolute Gasteiger partial charge is 0.295 e. The second-order valence-corrected chi connectivity index (χ2v) is 9.35. The molecule has 7 heteroatoms. The van der Waals surface area contributed by atoms with Gasteiger partial charge in [0.15, 0.2) is 0 Å². The molecule has 2 aromatic carbocycles. The lowest BCUT2D eigenvalue weighted by Gasteiger charge is -2.29. The van der Waals surface area contributed by atoms with Crippen LogP contribution in [0.5, 0.6) is 5.75 Å². The van der Waals surface area contributed by atoms with E-state index in [-0.39, 0.29) is 11.3 Å². The van der Waals surface area contributed by atoms with Crippen LogP contribution in [0.4, 0.5) is 0 Å².